The summed E-state index contributed by atoms with van der Waals surface area (Å²) in [6.45, 7) is 3.74. The molecule has 1 atom stereocenters. The normalized spacial score (nSPS) is 11.8. The van der Waals surface area contributed by atoms with Crippen LogP contribution in [0.15, 0.2) is 18.2 Å². The number of benzene rings is 1. The molecule has 0 aliphatic carbocycles. The maximum atomic E-state index is 11.6. The second-order valence-electron chi connectivity index (χ2n) is 3.83. The third-order valence-electron chi connectivity index (χ3n) is 2.38. The van der Waals surface area contributed by atoms with Gasteiger partial charge in [0.2, 0.25) is 5.91 Å². The van der Waals surface area contributed by atoms with Crippen LogP contribution in [0.1, 0.15) is 11.1 Å². The van der Waals surface area contributed by atoms with Gasteiger partial charge < -0.3 is 5.32 Å². The van der Waals surface area contributed by atoms with Crippen LogP contribution in [-0.2, 0) is 4.79 Å². The summed E-state index contributed by atoms with van der Waals surface area (Å²) in [5, 5.41) is 3.82. The number of aryl methyl sites for hydroxylation is 2. The molecule has 0 radical (unpaired) electrons. The molecule has 0 aliphatic heterocycles. The van der Waals surface area contributed by atoms with Crippen LogP contribution in [0.3, 0.4) is 0 Å². The van der Waals surface area contributed by atoms with E-state index < -0.39 is 17.3 Å². The first kappa shape index (κ1) is 14.8. The Morgan fingerprint density at radius 1 is 1.28 bits per heavy atom. The van der Waals surface area contributed by atoms with Crippen molar-refractivity contribution in [2.75, 3.05) is 11.2 Å². The van der Waals surface area contributed by atoms with E-state index in [0.717, 1.165) is 11.1 Å². The van der Waals surface area contributed by atoms with Crippen LogP contribution in [0.25, 0.3) is 0 Å². The van der Waals surface area contributed by atoms with Gasteiger partial charge >= 0.3 is 6.03 Å². The van der Waals surface area contributed by atoms with Crippen molar-refractivity contribution < 1.29 is 9.59 Å². The van der Waals surface area contributed by atoms with Crippen LogP contribution in [0.2, 0.25) is 0 Å². The maximum Gasteiger partial charge on any atom is 0.325 e. The van der Waals surface area contributed by atoms with E-state index in [-0.39, 0.29) is 5.88 Å². The first-order chi connectivity index (χ1) is 8.45. The molecule has 0 saturated carbocycles. The molecule has 1 aromatic rings. The molecule has 2 N–H and O–H groups in total. The third kappa shape index (κ3) is 3.89. The molecule has 0 spiro atoms. The molecule has 0 aromatic heterocycles. The highest BCUT2D eigenvalue weighted by Crippen LogP contribution is 2.19. The summed E-state index contributed by atoms with van der Waals surface area (Å²) in [5.74, 6) is -0.667. The van der Waals surface area contributed by atoms with Gasteiger partial charge in [0.1, 0.15) is 5.38 Å². The second-order valence-corrected chi connectivity index (χ2v) is 4.67. The predicted octanol–water partition coefficient (Wildman–Crippen LogP) is 2.80. The monoisotopic (exact) mass is 288 g/mol. The van der Waals surface area contributed by atoms with Gasteiger partial charge in [-0.1, -0.05) is 18.2 Å². The summed E-state index contributed by atoms with van der Waals surface area (Å²) in [6.07, 6.45) is 0. The Morgan fingerprint density at radius 2 is 1.83 bits per heavy atom. The molecule has 18 heavy (non-hydrogen) atoms. The molecule has 0 heterocycles. The molecule has 0 aliphatic rings. The minimum Gasteiger partial charge on any atom is -0.307 e. The largest absolute Gasteiger partial charge is 0.325 e. The molecule has 6 heteroatoms. The average Bonchev–Trinajstić information content (AvgIpc) is 2.32. The number of anilines is 1. The number of para-hydroxylation sites is 1. The van der Waals surface area contributed by atoms with E-state index in [1.54, 1.807) is 0 Å². The van der Waals surface area contributed by atoms with E-state index >= 15 is 0 Å². The summed E-state index contributed by atoms with van der Waals surface area (Å²) in [7, 11) is 0. The Balaban J connectivity index is 2.68. The molecule has 0 bridgehead atoms. The summed E-state index contributed by atoms with van der Waals surface area (Å²) in [5.41, 5.74) is 2.51. The molecular formula is C12H14Cl2N2O2. The highest BCUT2D eigenvalue weighted by atomic mass is 35.5. The molecule has 1 rings (SSSR count). The molecule has 0 saturated heterocycles. The number of rotatable bonds is 3. The van der Waals surface area contributed by atoms with Crippen molar-refractivity contribution in [3.63, 3.8) is 0 Å². The van der Waals surface area contributed by atoms with Gasteiger partial charge in [-0.2, -0.15) is 0 Å². The molecule has 4 nitrogen and oxygen atoms in total. The number of urea groups is 1. The van der Waals surface area contributed by atoms with Crippen molar-refractivity contribution >= 4 is 40.8 Å². The number of alkyl halides is 2. The zero-order valence-electron chi connectivity index (χ0n) is 10.1. The number of halogens is 2. The number of carbonyl (C=O) groups excluding carboxylic acids is 2. The first-order valence-electron chi connectivity index (χ1n) is 5.33. The quantitative estimate of drug-likeness (QED) is 0.841. The van der Waals surface area contributed by atoms with Gasteiger partial charge in [-0.15, -0.1) is 23.2 Å². The smallest absolute Gasteiger partial charge is 0.307 e. The predicted molar refractivity (Wildman–Crippen MR) is 73.4 cm³/mol. The Labute approximate surface area is 116 Å². The standard InChI is InChI=1S/C12H14Cl2N2O2/c1-7-4-3-5-8(2)10(7)15-12(18)16-11(17)9(14)6-13/h3-5,9H,6H2,1-2H3,(H2,15,16,17,18). The first-order valence-corrected chi connectivity index (χ1v) is 6.31. The summed E-state index contributed by atoms with van der Waals surface area (Å²) >= 11 is 11.0. The summed E-state index contributed by atoms with van der Waals surface area (Å²) < 4.78 is 0. The number of carbonyl (C=O) groups is 2. The van der Waals surface area contributed by atoms with Crippen molar-refractivity contribution in [1.29, 1.82) is 0 Å². The molecule has 3 amide bonds. The van der Waals surface area contributed by atoms with Crippen LogP contribution in [0.5, 0.6) is 0 Å². The van der Waals surface area contributed by atoms with Crippen LogP contribution in [-0.4, -0.2) is 23.2 Å². The highest BCUT2D eigenvalue weighted by Gasteiger charge is 2.17. The van der Waals surface area contributed by atoms with Gasteiger partial charge in [-0.05, 0) is 25.0 Å². The fourth-order valence-corrected chi connectivity index (χ4v) is 1.61. The number of hydrogen-bond acceptors (Lipinski definition) is 2. The molecule has 98 valence electrons. The Hall–Kier alpha value is -1.26. The van der Waals surface area contributed by atoms with Crippen molar-refractivity contribution in [3.8, 4) is 0 Å². The number of nitrogens with one attached hydrogen (secondary N) is 2. The molecule has 1 unspecified atom stereocenters. The van der Waals surface area contributed by atoms with Crippen LogP contribution < -0.4 is 10.6 Å². The van der Waals surface area contributed by atoms with E-state index in [1.165, 1.54) is 0 Å². The second kappa shape index (κ2) is 6.61. The lowest BCUT2D eigenvalue weighted by molar-refractivity contribution is -0.119. The zero-order valence-corrected chi connectivity index (χ0v) is 11.6. The van der Waals surface area contributed by atoms with Gasteiger partial charge in [0.25, 0.3) is 0 Å². The van der Waals surface area contributed by atoms with E-state index in [0.29, 0.717) is 5.69 Å². The van der Waals surface area contributed by atoms with Crippen LogP contribution >= 0.6 is 23.2 Å². The molecule has 0 fully saturated rings. The number of hydrogen-bond donors (Lipinski definition) is 2. The van der Waals surface area contributed by atoms with Crippen LogP contribution in [0.4, 0.5) is 10.5 Å². The van der Waals surface area contributed by atoms with Gasteiger partial charge in [0, 0.05) is 11.6 Å². The lowest BCUT2D eigenvalue weighted by Gasteiger charge is -2.12. The average molecular weight is 289 g/mol. The SMILES string of the molecule is Cc1cccc(C)c1NC(=O)NC(=O)C(Cl)CCl. The summed E-state index contributed by atoms with van der Waals surface area (Å²) in [4.78, 5) is 23.0. The van der Waals surface area contributed by atoms with Crippen molar-refractivity contribution in [3.05, 3.63) is 29.3 Å². The number of amides is 3. The van der Waals surface area contributed by atoms with Gasteiger partial charge in [-0.25, -0.2) is 4.79 Å². The maximum absolute atomic E-state index is 11.6. The van der Waals surface area contributed by atoms with E-state index in [1.807, 2.05) is 32.0 Å². The topological polar surface area (TPSA) is 58.2 Å². The number of imide groups is 1. The lowest BCUT2D eigenvalue weighted by atomic mass is 10.1. The zero-order chi connectivity index (χ0) is 13.7. The van der Waals surface area contributed by atoms with Gasteiger partial charge in [0.15, 0.2) is 0 Å². The van der Waals surface area contributed by atoms with Crippen molar-refractivity contribution in [1.82, 2.24) is 5.32 Å². The lowest BCUT2D eigenvalue weighted by Crippen LogP contribution is -2.39. The van der Waals surface area contributed by atoms with Crippen molar-refractivity contribution in [2.45, 2.75) is 19.2 Å². The van der Waals surface area contributed by atoms with E-state index in [4.69, 9.17) is 23.2 Å². The fourth-order valence-electron chi connectivity index (χ4n) is 1.42. The third-order valence-corrected chi connectivity index (χ3v) is 3.20. The Bertz CT molecular complexity index is 443. The minimum absolute atomic E-state index is 0.0515. The Kier molecular flexibility index (Phi) is 5.44. The minimum atomic E-state index is -0.921. The van der Waals surface area contributed by atoms with E-state index in [9.17, 15) is 9.59 Å². The van der Waals surface area contributed by atoms with E-state index in [2.05, 4.69) is 10.6 Å². The molecule has 1 aromatic carbocycles. The highest BCUT2D eigenvalue weighted by molar-refractivity contribution is 6.36. The van der Waals surface area contributed by atoms with Gasteiger partial charge in [-0.3, -0.25) is 10.1 Å². The molecular weight excluding hydrogens is 275 g/mol. The Morgan fingerprint density at radius 3 is 2.33 bits per heavy atom. The van der Waals surface area contributed by atoms with Crippen LogP contribution in [0, 0.1) is 13.8 Å². The van der Waals surface area contributed by atoms with Crippen molar-refractivity contribution in [2.24, 2.45) is 0 Å². The fraction of sp³-hybridized carbons (Fsp3) is 0.333. The summed E-state index contributed by atoms with van der Waals surface area (Å²) in [6, 6.07) is 5.01. The van der Waals surface area contributed by atoms with Gasteiger partial charge in [0.05, 0.1) is 0 Å².